The van der Waals surface area contributed by atoms with Gasteiger partial charge in [-0.3, -0.25) is 0 Å². The van der Waals surface area contributed by atoms with Gasteiger partial charge in [-0.15, -0.1) is 0 Å². The Morgan fingerprint density at radius 3 is 0.924 bits per heavy atom. The van der Waals surface area contributed by atoms with Crippen molar-refractivity contribution in [1.29, 1.82) is 5.26 Å². The molecule has 0 saturated heterocycles. The number of nitrogens with zero attached hydrogens (tertiary/aromatic N) is 4. The van der Waals surface area contributed by atoms with Gasteiger partial charge < -0.3 is 9.80 Å². The molecule has 14 aromatic rings. The lowest BCUT2D eigenvalue weighted by atomic mass is 9.78. The molecule has 442 valence electrons. The molecule has 0 atom stereocenters. The van der Waals surface area contributed by atoms with Gasteiger partial charge in [0.15, 0.2) is 5.69 Å². The molecule has 0 N–H and O–H groups in total. The summed E-state index contributed by atoms with van der Waals surface area (Å²) in [7, 11) is 0. The Morgan fingerprint density at radius 1 is 0.315 bits per heavy atom. The smallest absolute Gasteiger partial charge is 0.187 e. The van der Waals surface area contributed by atoms with Crippen LogP contribution in [0.3, 0.4) is 0 Å². The minimum Gasteiger partial charge on any atom is -0.310 e. The molecule has 0 heterocycles. The van der Waals surface area contributed by atoms with Gasteiger partial charge in [-0.25, -0.2) is 4.85 Å². The van der Waals surface area contributed by atoms with E-state index in [0.717, 1.165) is 100 Å². The van der Waals surface area contributed by atoms with Gasteiger partial charge in [-0.05, 0) is 246 Å². The molecule has 4 nitrogen and oxygen atoms in total. The van der Waals surface area contributed by atoms with Crippen LogP contribution in [-0.2, 0) is 10.8 Å². The molecular formula is C88H70N4. The van der Waals surface area contributed by atoms with Crippen LogP contribution in [0.4, 0.5) is 39.8 Å². The Balaban J connectivity index is 0.930. The molecule has 0 fully saturated rings. The first-order valence-electron chi connectivity index (χ1n) is 31.7. The second-order valence-electron chi connectivity index (χ2n) is 25.7. The molecule has 0 spiro atoms. The predicted octanol–water partition coefficient (Wildman–Crippen LogP) is 24.5. The van der Waals surface area contributed by atoms with Crippen molar-refractivity contribution in [1.82, 2.24) is 0 Å². The van der Waals surface area contributed by atoms with E-state index in [-0.39, 0.29) is 10.8 Å². The number of aryl methyl sites for hydroxylation is 4. The van der Waals surface area contributed by atoms with Crippen molar-refractivity contribution in [2.24, 2.45) is 0 Å². The molecular weight excluding hydrogens is 1110 g/mol. The van der Waals surface area contributed by atoms with Gasteiger partial charge in [-0.2, -0.15) is 5.26 Å². The number of anilines is 6. The molecule has 4 heteroatoms. The molecule has 92 heavy (non-hydrogen) atoms. The fourth-order valence-corrected chi connectivity index (χ4v) is 13.7. The molecule has 0 aromatic heterocycles. The summed E-state index contributed by atoms with van der Waals surface area (Å²) in [5, 5.41) is 16.9. The Labute approximate surface area is 541 Å². The molecule has 0 aliphatic rings. The van der Waals surface area contributed by atoms with E-state index in [4.69, 9.17) is 6.57 Å². The molecule has 0 amide bonds. The Bertz CT molecular complexity index is 4820. The van der Waals surface area contributed by atoms with E-state index in [1.807, 2.05) is 24.3 Å². The molecule has 0 aliphatic carbocycles. The summed E-state index contributed by atoms with van der Waals surface area (Å²) < 4.78 is 0. The van der Waals surface area contributed by atoms with E-state index < -0.39 is 0 Å². The van der Waals surface area contributed by atoms with Gasteiger partial charge >= 0.3 is 0 Å². The topological polar surface area (TPSA) is 34.6 Å². The molecule has 14 rings (SSSR count). The van der Waals surface area contributed by atoms with E-state index in [1.165, 1.54) is 55.3 Å². The molecule has 14 aromatic carbocycles. The van der Waals surface area contributed by atoms with Gasteiger partial charge in [0.05, 0.1) is 18.2 Å². The van der Waals surface area contributed by atoms with Crippen molar-refractivity contribution in [3.63, 3.8) is 0 Å². The number of benzene rings is 14. The Morgan fingerprint density at radius 2 is 0.609 bits per heavy atom. The summed E-state index contributed by atoms with van der Waals surface area (Å²) in [5.41, 5.74) is 26.0. The van der Waals surface area contributed by atoms with Gasteiger partial charge in [-0.1, -0.05) is 210 Å². The van der Waals surface area contributed by atoms with Crippen molar-refractivity contribution in [2.45, 2.75) is 66.2 Å². The summed E-state index contributed by atoms with van der Waals surface area (Å²) in [6, 6.07) is 104. The third-order valence-electron chi connectivity index (χ3n) is 19.6. The maximum absolute atomic E-state index is 10.00. The average Bonchev–Trinajstić information content (AvgIpc) is 0.718. The molecule has 0 bridgehead atoms. The largest absolute Gasteiger partial charge is 0.310 e. The lowest BCUT2D eigenvalue weighted by molar-refractivity contribution is 0.641. The normalized spacial score (nSPS) is 11.7. The van der Waals surface area contributed by atoms with Crippen molar-refractivity contribution in [3.8, 4) is 50.6 Å². The summed E-state index contributed by atoms with van der Waals surface area (Å²) >= 11 is 0. The fraction of sp³-hybridized carbons (Fsp3) is 0.114. The van der Waals surface area contributed by atoms with Crippen molar-refractivity contribution >= 4 is 72.1 Å². The van der Waals surface area contributed by atoms with Crippen LogP contribution in [-0.4, -0.2) is 0 Å². The zero-order valence-electron chi connectivity index (χ0n) is 53.3. The number of hydrogen-bond donors (Lipinski definition) is 0. The van der Waals surface area contributed by atoms with Gasteiger partial charge in [0.25, 0.3) is 0 Å². The maximum Gasteiger partial charge on any atom is 0.187 e. The van der Waals surface area contributed by atoms with E-state index in [0.29, 0.717) is 11.3 Å². The second-order valence-corrected chi connectivity index (χ2v) is 25.7. The minimum atomic E-state index is -0.177. The van der Waals surface area contributed by atoms with E-state index in [1.54, 1.807) is 0 Å². The Kier molecular flexibility index (Phi) is 15.0. The summed E-state index contributed by atoms with van der Waals surface area (Å²) in [4.78, 5) is 8.53. The highest BCUT2D eigenvalue weighted by molar-refractivity contribution is 6.32. The van der Waals surface area contributed by atoms with Crippen LogP contribution in [0.2, 0.25) is 0 Å². The van der Waals surface area contributed by atoms with Crippen molar-refractivity contribution in [2.75, 3.05) is 9.80 Å². The summed E-state index contributed by atoms with van der Waals surface area (Å²) in [6.07, 6.45) is 0. The van der Waals surface area contributed by atoms with Crippen LogP contribution in [0.5, 0.6) is 0 Å². The van der Waals surface area contributed by atoms with Crippen LogP contribution in [0.1, 0.15) is 77.8 Å². The molecule has 0 radical (unpaired) electrons. The zero-order chi connectivity index (χ0) is 63.4. The standard InChI is InChI=1S/C88H70N4/c1-57-20-38-75(52-59(57)3)91(73-44-32-68(33-45-73)87(5,6)66-16-12-10-13-17-66)71-40-28-64(29-41-71)83-54-81(62-24-22-61(56-89)23-25-62)77-48-50-80-84(55-82(63-26-36-70(90-9)37-27-63)78-49-51-79(83)85(77)86(78)80)65-30-42-72(43-31-65)92(76-39-21-58(2)60(4)53-76)74-46-34-69(35-47-74)88(7,8)67-18-14-11-15-19-67/h10-55H,1-8H3. The summed E-state index contributed by atoms with van der Waals surface area (Å²) in [5.74, 6) is 0. The van der Waals surface area contributed by atoms with Crippen LogP contribution >= 0.6 is 0 Å². The lowest BCUT2D eigenvalue weighted by Gasteiger charge is -2.29. The first kappa shape index (κ1) is 58.4. The number of hydrogen-bond acceptors (Lipinski definition) is 3. The molecule has 0 aliphatic heterocycles. The highest BCUT2D eigenvalue weighted by Crippen LogP contribution is 2.50. The number of nitriles is 1. The van der Waals surface area contributed by atoms with Crippen molar-refractivity contribution in [3.05, 3.63) is 341 Å². The highest BCUT2D eigenvalue weighted by atomic mass is 15.1. The lowest BCUT2D eigenvalue weighted by Crippen LogP contribution is -2.19. The van der Waals surface area contributed by atoms with Gasteiger partial charge in [0.1, 0.15) is 0 Å². The van der Waals surface area contributed by atoms with E-state index in [9.17, 15) is 5.26 Å². The minimum absolute atomic E-state index is 0.177. The van der Waals surface area contributed by atoms with Crippen LogP contribution in [0, 0.1) is 45.6 Å². The number of rotatable bonds is 14. The van der Waals surface area contributed by atoms with Crippen LogP contribution in [0.15, 0.2) is 279 Å². The first-order chi connectivity index (χ1) is 44.7. The first-order valence-corrected chi connectivity index (χ1v) is 31.7. The molecule has 0 unspecified atom stereocenters. The van der Waals surface area contributed by atoms with E-state index in [2.05, 4.69) is 331 Å². The predicted molar refractivity (Wildman–Crippen MR) is 388 cm³/mol. The van der Waals surface area contributed by atoms with Gasteiger partial charge in [0, 0.05) is 45.0 Å². The fourth-order valence-electron chi connectivity index (χ4n) is 13.7. The summed E-state index contributed by atoms with van der Waals surface area (Å²) in [6.45, 7) is 25.8. The van der Waals surface area contributed by atoms with Crippen LogP contribution < -0.4 is 9.80 Å². The van der Waals surface area contributed by atoms with Gasteiger partial charge in [0.2, 0.25) is 0 Å². The highest BCUT2D eigenvalue weighted by Gasteiger charge is 2.27. The van der Waals surface area contributed by atoms with Crippen molar-refractivity contribution < 1.29 is 0 Å². The second kappa shape index (κ2) is 23.6. The quantitative estimate of drug-likeness (QED) is 0.0804. The average molecular weight is 1180 g/mol. The third-order valence-corrected chi connectivity index (χ3v) is 19.6. The maximum atomic E-state index is 10.00. The van der Waals surface area contributed by atoms with Crippen LogP contribution in [0.25, 0.3) is 81.7 Å². The SMILES string of the molecule is [C-]#[N+]c1ccc(-c2cc(-c3ccc(N(c4ccc(C(C)(C)c5ccccc5)cc4)c4ccc(C)c(C)c4)cc3)c3ccc4c(-c5ccc(C#N)cc5)cc(-c5ccc(N(c6ccc(C(C)(C)c7ccccc7)cc6)c6ccc(C)c(C)c6)cc5)c5ccc2c3c45)cc1. The monoisotopic (exact) mass is 1180 g/mol. The molecule has 0 saturated carbocycles. The Hall–Kier alpha value is -11.3. The zero-order valence-corrected chi connectivity index (χ0v) is 53.3. The third kappa shape index (κ3) is 10.5. The van der Waals surface area contributed by atoms with E-state index >= 15 is 0 Å².